The van der Waals surface area contributed by atoms with Crippen LogP contribution in [0.1, 0.15) is 61.3 Å². The predicted octanol–water partition coefficient (Wildman–Crippen LogP) is 4.74. The van der Waals surface area contributed by atoms with Crippen molar-refractivity contribution in [3.63, 3.8) is 0 Å². The molecule has 1 aliphatic rings. The van der Waals surface area contributed by atoms with Gasteiger partial charge in [-0.1, -0.05) is 48.5 Å². The lowest BCUT2D eigenvalue weighted by atomic mass is 10.1. The van der Waals surface area contributed by atoms with E-state index in [9.17, 15) is 0 Å². The zero-order valence-corrected chi connectivity index (χ0v) is 10.1. The van der Waals surface area contributed by atoms with Crippen LogP contribution in [0.2, 0.25) is 0 Å². The van der Waals surface area contributed by atoms with Crippen LogP contribution in [0.5, 0.6) is 0 Å². The van der Waals surface area contributed by atoms with E-state index in [1.807, 2.05) is 27.7 Å². The van der Waals surface area contributed by atoms with E-state index in [0.717, 1.165) is 17.8 Å². The van der Waals surface area contributed by atoms with Crippen LogP contribution in [0.15, 0.2) is 0 Å². The van der Waals surface area contributed by atoms with Gasteiger partial charge >= 0.3 is 0 Å². The Bertz CT molecular complexity index is 74.1. The summed E-state index contributed by atoms with van der Waals surface area (Å²) in [7, 11) is 0. The predicted molar refractivity (Wildman–Crippen MR) is 59.4 cm³/mol. The van der Waals surface area contributed by atoms with Gasteiger partial charge in [0.15, 0.2) is 0 Å². The van der Waals surface area contributed by atoms with Crippen LogP contribution >= 0.6 is 0 Å². The highest BCUT2D eigenvalue weighted by Gasteiger charge is 2.32. The zero-order chi connectivity index (χ0) is 10.1. The Kier molecular flexibility index (Phi) is 11.0. The molecule has 0 heteroatoms. The number of rotatable bonds is 2. The fourth-order valence-corrected chi connectivity index (χ4v) is 1.33. The van der Waals surface area contributed by atoms with Crippen molar-refractivity contribution in [1.29, 1.82) is 0 Å². The molecule has 0 N–H and O–H groups in total. The van der Waals surface area contributed by atoms with Gasteiger partial charge in [-0.2, -0.15) is 0 Å². The largest absolute Gasteiger partial charge is 0.0683 e. The highest BCUT2D eigenvalue weighted by Crippen LogP contribution is 2.42. The van der Waals surface area contributed by atoms with Gasteiger partial charge in [0, 0.05) is 0 Å². The molecule has 0 aromatic carbocycles. The molecule has 0 radical (unpaired) electrons. The lowest BCUT2D eigenvalue weighted by Gasteiger charge is -1.99. The Balaban J connectivity index is 0. The number of hydrogen-bond donors (Lipinski definition) is 0. The van der Waals surface area contributed by atoms with Gasteiger partial charge in [0.2, 0.25) is 0 Å². The van der Waals surface area contributed by atoms with E-state index in [1.54, 1.807) is 0 Å². The van der Waals surface area contributed by atoms with E-state index in [-0.39, 0.29) is 0 Å². The molecule has 0 heterocycles. The molecule has 0 amide bonds. The molecule has 1 rings (SSSR count). The molecule has 1 aliphatic carbocycles. The third-order valence-electron chi connectivity index (χ3n) is 2.05. The number of hydrogen-bond acceptors (Lipinski definition) is 0. The third kappa shape index (κ3) is 8.10. The molecular formula is C12H28. The van der Waals surface area contributed by atoms with Crippen LogP contribution in [-0.4, -0.2) is 0 Å². The van der Waals surface area contributed by atoms with Gasteiger partial charge in [-0.05, 0) is 30.6 Å². The minimum absolute atomic E-state index is 0.921. The fourth-order valence-electron chi connectivity index (χ4n) is 1.33. The fraction of sp³-hybridized carbons (Fsp3) is 1.00. The summed E-state index contributed by atoms with van der Waals surface area (Å²) in [5.74, 6) is 3.07. The standard InChI is InChI=1S/C8H16.2C2H6/c1-6(2)4-8-5-7(8)3;2*1-2/h6-8H,4-5H2,1-3H3;2*1-2H3. The first-order chi connectivity index (χ1) is 5.70. The molecule has 0 aromatic heterocycles. The lowest BCUT2D eigenvalue weighted by molar-refractivity contribution is 0.520. The normalized spacial score (nSPS) is 25.0. The van der Waals surface area contributed by atoms with Crippen molar-refractivity contribution in [1.82, 2.24) is 0 Å². The van der Waals surface area contributed by atoms with E-state index in [0.29, 0.717) is 0 Å². The van der Waals surface area contributed by atoms with Crippen LogP contribution in [0.4, 0.5) is 0 Å². The first kappa shape index (κ1) is 14.5. The summed E-state index contributed by atoms with van der Waals surface area (Å²) in [6.07, 6.45) is 2.96. The van der Waals surface area contributed by atoms with Gasteiger partial charge in [0.05, 0.1) is 0 Å². The van der Waals surface area contributed by atoms with Gasteiger partial charge < -0.3 is 0 Å². The van der Waals surface area contributed by atoms with Crippen molar-refractivity contribution >= 4 is 0 Å². The SMILES string of the molecule is CC.CC.CC(C)CC1CC1C. The molecule has 0 bridgehead atoms. The maximum atomic E-state index is 2.35. The van der Waals surface area contributed by atoms with Crippen molar-refractivity contribution in [2.75, 3.05) is 0 Å². The van der Waals surface area contributed by atoms with Gasteiger partial charge in [0.25, 0.3) is 0 Å². The summed E-state index contributed by atoms with van der Waals surface area (Å²) in [5, 5.41) is 0. The third-order valence-corrected chi connectivity index (χ3v) is 2.05. The molecule has 0 saturated heterocycles. The summed E-state index contributed by atoms with van der Waals surface area (Å²) >= 11 is 0. The molecule has 0 aliphatic heterocycles. The van der Waals surface area contributed by atoms with E-state index in [1.165, 1.54) is 12.8 Å². The van der Waals surface area contributed by atoms with Crippen molar-refractivity contribution in [2.45, 2.75) is 61.3 Å². The van der Waals surface area contributed by atoms with Crippen molar-refractivity contribution in [3.8, 4) is 0 Å². The summed E-state index contributed by atoms with van der Waals surface area (Å²) in [6.45, 7) is 15.0. The van der Waals surface area contributed by atoms with Crippen molar-refractivity contribution in [2.24, 2.45) is 17.8 Å². The Hall–Kier alpha value is 0. The molecule has 12 heavy (non-hydrogen) atoms. The van der Waals surface area contributed by atoms with Crippen molar-refractivity contribution in [3.05, 3.63) is 0 Å². The average molecular weight is 172 g/mol. The molecule has 0 aromatic rings. The topological polar surface area (TPSA) is 0 Å². The van der Waals surface area contributed by atoms with Gasteiger partial charge in [0.1, 0.15) is 0 Å². The van der Waals surface area contributed by atoms with Crippen LogP contribution in [0, 0.1) is 17.8 Å². The Labute approximate surface area is 79.8 Å². The minimum atomic E-state index is 0.921. The highest BCUT2D eigenvalue weighted by atomic mass is 14.4. The second-order valence-corrected chi connectivity index (χ2v) is 3.60. The molecule has 2 atom stereocenters. The van der Waals surface area contributed by atoms with Gasteiger partial charge in [-0.15, -0.1) is 0 Å². The average Bonchev–Trinajstić information content (AvgIpc) is 2.73. The Morgan fingerprint density at radius 2 is 1.42 bits per heavy atom. The van der Waals surface area contributed by atoms with Crippen molar-refractivity contribution < 1.29 is 0 Å². The molecule has 0 nitrogen and oxygen atoms in total. The molecule has 1 fully saturated rings. The van der Waals surface area contributed by atoms with E-state index >= 15 is 0 Å². The summed E-state index contributed by atoms with van der Waals surface area (Å²) in [4.78, 5) is 0. The van der Waals surface area contributed by atoms with E-state index in [4.69, 9.17) is 0 Å². The monoisotopic (exact) mass is 172 g/mol. The van der Waals surface area contributed by atoms with Gasteiger partial charge in [-0.3, -0.25) is 0 Å². The quantitative estimate of drug-likeness (QED) is 0.564. The molecule has 1 saturated carbocycles. The van der Waals surface area contributed by atoms with Gasteiger partial charge in [-0.25, -0.2) is 0 Å². The maximum Gasteiger partial charge on any atom is -0.0383 e. The molecule has 0 spiro atoms. The summed E-state index contributed by atoms with van der Waals surface area (Å²) < 4.78 is 0. The van der Waals surface area contributed by atoms with E-state index < -0.39 is 0 Å². The molecule has 2 unspecified atom stereocenters. The summed E-state index contributed by atoms with van der Waals surface area (Å²) in [6, 6.07) is 0. The first-order valence-electron chi connectivity index (χ1n) is 5.70. The van der Waals surface area contributed by atoms with Crippen LogP contribution in [0.3, 0.4) is 0 Å². The Morgan fingerprint density at radius 3 is 1.50 bits per heavy atom. The Morgan fingerprint density at radius 1 is 1.08 bits per heavy atom. The smallest absolute Gasteiger partial charge is 0.0383 e. The highest BCUT2D eigenvalue weighted by molar-refractivity contribution is 4.82. The van der Waals surface area contributed by atoms with Crippen LogP contribution in [-0.2, 0) is 0 Å². The van der Waals surface area contributed by atoms with E-state index in [2.05, 4.69) is 20.8 Å². The zero-order valence-electron chi connectivity index (χ0n) is 10.1. The molecule has 76 valence electrons. The first-order valence-corrected chi connectivity index (χ1v) is 5.70. The minimum Gasteiger partial charge on any atom is -0.0683 e. The molecular weight excluding hydrogens is 144 g/mol. The van der Waals surface area contributed by atoms with Crippen LogP contribution in [0.25, 0.3) is 0 Å². The second kappa shape index (κ2) is 9.09. The lowest BCUT2D eigenvalue weighted by Crippen LogP contribution is -1.88. The summed E-state index contributed by atoms with van der Waals surface area (Å²) in [5.41, 5.74) is 0. The maximum absolute atomic E-state index is 2.35. The second-order valence-electron chi connectivity index (χ2n) is 3.60. The van der Waals surface area contributed by atoms with Crippen LogP contribution < -0.4 is 0 Å².